The third-order valence-corrected chi connectivity index (χ3v) is 4.68. The van der Waals surface area contributed by atoms with Crippen molar-refractivity contribution < 1.29 is 4.79 Å². The lowest BCUT2D eigenvalue weighted by Crippen LogP contribution is -2.31. The largest absolute Gasteiger partial charge is 0.352 e. The lowest BCUT2D eigenvalue weighted by Gasteiger charge is -2.25. The van der Waals surface area contributed by atoms with Crippen LogP contribution in [0.5, 0.6) is 0 Å². The minimum atomic E-state index is -0.105. The second-order valence-electron chi connectivity index (χ2n) is 4.96. The van der Waals surface area contributed by atoms with Crippen LogP contribution in [0.4, 0.5) is 0 Å². The van der Waals surface area contributed by atoms with Crippen LogP contribution in [0.15, 0.2) is 18.2 Å². The maximum Gasteiger partial charge on any atom is 0.251 e. The molecular weight excluding hydrogens is 305 g/mol. The minimum absolute atomic E-state index is 0.105. The Morgan fingerprint density at radius 1 is 1.16 bits per heavy atom. The molecule has 1 aromatic carbocycles. The van der Waals surface area contributed by atoms with Crippen LogP contribution in [-0.2, 0) is 0 Å². The van der Waals surface area contributed by atoms with Crippen molar-refractivity contribution in [2.24, 2.45) is 5.92 Å². The van der Waals surface area contributed by atoms with Crippen molar-refractivity contribution in [3.05, 3.63) is 33.8 Å². The van der Waals surface area contributed by atoms with Crippen LogP contribution in [0.25, 0.3) is 0 Å². The van der Waals surface area contributed by atoms with Gasteiger partial charge in [0.1, 0.15) is 0 Å². The van der Waals surface area contributed by atoms with Crippen LogP contribution >= 0.6 is 34.8 Å². The Morgan fingerprint density at radius 2 is 1.84 bits per heavy atom. The number of alkyl halides is 1. The van der Waals surface area contributed by atoms with Crippen LogP contribution in [0, 0.1) is 5.92 Å². The molecule has 0 heterocycles. The Kier molecular flexibility index (Phi) is 5.37. The third kappa shape index (κ3) is 4.27. The Bertz CT molecular complexity index is 456. The molecule has 0 unspecified atom stereocenters. The van der Waals surface area contributed by atoms with E-state index in [0.29, 0.717) is 33.4 Å². The molecule has 1 aliphatic carbocycles. The van der Waals surface area contributed by atoms with E-state index in [0.717, 1.165) is 25.7 Å². The molecule has 5 heteroatoms. The number of rotatable bonds is 3. The van der Waals surface area contributed by atoms with Gasteiger partial charge in [-0.05, 0) is 49.8 Å². The van der Waals surface area contributed by atoms with Crippen molar-refractivity contribution in [2.45, 2.75) is 31.1 Å². The number of carbonyl (C=O) groups excluding carboxylic acids is 1. The van der Waals surface area contributed by atoms with E-state index in [1.54, 1.807) is 18.2 Å². The van der Waals surface area contributed by atoms with Gasteiger partial charge in [-0.3, -0.25) is 4.79 Å². The summed E-state index contributed by atoms with van der Waals surface area (Å²) in [6.07, 6.45) is 4.23. The number of benzene rings is 1. The van der Waals surface area contributed by atoms with Gasteiger partial charge in [-0.1, -0.05) is 23.2 Å². The molecule has 1 aromatic rings. The van der Waals surface area contributed by atoms with Gasteiger partial charge in [0, 0.05) is 17.5 Å². The summed E-state index contributed by atoms with van der Waals surface area (Å²) < 4.78 is 0. The standard InChI is InChI=1S/C14H16Cl3NO/c15-11-4-1-9(2-5-11)8-18-14(19)10-3-6-12(16)13(17)7-10/h3,6-7,9,11H,1-2,4-5,8H2,(H,18,19). The van der Waals surface area contributed by atoms with Gasteiger partial charge < -0.3 is 5.32 Å². The second kappa shape index (κ2) is 6.83. The van der Waals surface area contributed by atoms with Crippen molar-refractivity contribution in [3.8, 4) is 0 Å². The van der Waals surface area contributed by atoms with E-state index in [1.165, 1.54) is 0 Å². The van der Waals surface area contributed by atoms with Crippen LogP contribution in [0.1, 0.15) is 36.0 Å². The molecular formula is C14H16Cl3NO. The summed E-state index contributed by atoms with van der Waals surface area (Å²) in [4.78, 5) is 12.0. The first-order chi connectivity index (χ1) is 9.06. The Hall–Kier alpha value is -0.440. The predicted octanol–water partition coefficient (Wildman–Crippen LogP) is 4.52. The average molecular weight is 321 g/mol. The minimum Gasteiger partial charge on any atom is -0.352 e. The lowest BCUT2D eigenvalue weighted by atomic mass is 9.89. The normalized spacial score (nSPS) is 23.1. The quantitative estimate of drug-likeness (QED) is 0.815. The van der Waals surface area contributed by atoms with Crippen LogP contribution < -0.4 is 5.32 Å². The summed E-state index contributed by atoms with van der Waals surface area (Å²) in [5.41, 5.74) is 0.542. The van der Waals surface area contributed by atoms with Gasteiger partial charge in [0.05, 0.1) is 10.0 Å². The van der Waals surface area contributed by atoms with Gasteiger partial charge in [0.25, 0.3) is 5.91 Å². The summed E-state index contributed by atoms with van der Waals surface area (Å²) in [5.74, 6) is 0.424. The van der Waals surface area contributed by atoms with Gasteiger partial charge in [-0.25, -0.2) is 0 Å². The average Bonchev–Trinajstić information content (AvgIpc) is 2.41. The zero-order valence-electron chi connectivity index (χ0n) is 10.5. The van der Waals surface area contributed by atoms with Crippen molar-refractivity contribution in [1.82, 2.24) is 5.32 Å². The first-order valence-corrected chi connectivity index (χ1v) is 7.63. The summed E-state index contributed by atoms with van der Waals surface area (Å²) in [6, 6.07) is 4.91. The first-order valence-electron chi connectivity index (χ1n) is 6.43. The first kappa shape index (κ1) is 15.0. The SMILES string of the molecule is O=C(NCC1CCC(Cl)CC1)c1ccc(Cl)c(Cl)c1. The van der Waals surface area contributed by atoms with E-state index in [4.69, 9.17) is 34.8 Å². The molecule has 0 spiro atoms. The lowest BCUT2D eigenvalue weighted by molar-refractivity contribution is 0.0944. The Labute approximate surface area is 128 Å². The molecule has 2 nitrogen and oxygen atoms in total. The topological polar surface area (TPSA) is 29.1 Å². The van der Waals surface area contributed by atoms with E-state index >= 15 is 0 Å². The highest BCUT2D eigenvalue weighted by atomic mass is 35.5. The second-order valence-corrected chi connectivity index (χ2v) is 6.39. The molecule has 19 heavy (non-hydrogen) atoms. The fourth-order valence-electron chi connectivity index (χ4n) is 2.30. The monoisotopic (exact) mass is 319 g/mol. The molecule has 0 saturated heterocycles. The molecule has 0 radical (unpaired) electrons. The summed E-state index contributed by atoms with van der Waals surface area (Å²) in [5, 5.41) is 4.11. The Balaban J connectivity index is 1.85. The number of hydrogen-bond donors (Lipinski definition) is 1. The molecule has 1 saturated carbocycles. The molecule has 1 aliphatic rings. The van der Waals surface area contributed by atoms with Crippen molar-refractivity contribution in [1.29, 1.82) is 0 Å². The molecule has 0 aliphatic heterocycles. The molecule has 1 N–H and O–H groups in total. The molecule has 1 amide bonds. The highest BCUT2D eigenvalue weighted by Crippen LogP contribution is 2.27. The fraction of sp³-hybridized carbons (Fsp3) is 0.500. The summed E-state index contributed by atoms with van der Waals surface area (Å²) >= 11 is 17.8. The van der Waals surface area contributed by atoms with Gasteiger partial charge in [0.2, 0.25) is 0 Å². The zero-order chi connectivity index (χ0) is 13.8. The summed E-state index contributed by atoms with van der Waals surface area (Å²) in [6.45, 7) is 0.697. The smallest absolute Gasteiger partial charge is 0.251 e. The molecule has 104 valence electrons. The molecule has 1 fully saturated rings. The van der Waals surface area contributed by atoms with Gasteiger partial charge in [-0.15, -0.1) is 11.6 Å². The van der Waals surface area contributed by atoms with Crippen LogP contribution in [-0.4, -0.2) is 17.8 Å². The molecule has 0 aromatic heterocycles. The summed E-state index contributed by atoms with van der Waals surface area (Å²) in [7, 11) is 0. The number of nitrogens with one attached hydrogen (secondary N) is 1. The van der Waals surface area contributed by atoms with Crippen LogP contribution in [0.3, 0.4) is 0 Å². The van der Waals surface area contributed by atoms with E-state index < -0.39 is 0 Å². The van der Waals surface area contributed by atoms with Gasteiger partial charge >= 0.3 is 0 Å². The van der Waals surface area contributed by atoms with E-state index in [2.05, 4.69) is 5.32 Å². The molecule has 2 rings (SSSR count). The van der Waals surface area contributed by atoms with Gasteiger partial charge in [0.15, 0.2) is 0 Å². The zero-order valence-corrected chi connectivity index (χ0v) is 12.7. The maximum atomic E-state index is 12.0. The van der Waals surface area contributed by atoms with E-state index in [-0.39, 0.29) is 5.91 Å². The fourth-order valence-corrected chi connectivity index (χ4v) is 2.85. The Morgan fingerprint density at radius 3 is 2.47 bits per heavy atom. The van der Waals surface area contributed by atoms with E-state index in [9.17, 15) is 4.79 Å². The number of carbonyl (C=O) groups is 1. The third-order valence-electron chi connectivity index (χ3n) is 3.51. The van der Waals surface area contributed by atoms with Crippen LogP contribution in [0.2, 0.25) is 10.0 Å². The number of amides is 1. The number of hydrogen-bond acceptors (Lipinski definition) is 1. The molecule has 0 atom stereocenters. The van der Waals surface area contributed by atoms with Crippen molar-refractivity contribution in [2.75, 3.05) is 6.54 Å². The van der Waals surface area contributed by atoms with Crippen molar-refractivity contribution >= 4 is 40.7 Å². The predicted molar refractivity (Wildman–Crippen MR) is 80.4 cm³/mol. The highest BCUT2D eigenvalue weighted by molar-refractivity contribution is 6.42. The maximum absolute atomic E-state index is 12.0. The van der Waals surface area contributed by atoms with Gasteiger partial charge in [-0.2, -0.15) is 0 Å². The highest BCUT2D eigenvalue weighted by Gasteiger charge is 2.20. The number of halogens is 3. The van der Waals surface area contributed by atoms with Crippen molar-refractivity contribution in [3.63, 3.8) is 0 Å². The molecule has 0 bridgehead atoms. The van der Waals surface area contributed by atoms with E-state index in [1.807, 2.05) is 0 Å².